The second-order valence-corrected chi connectivity index (χ2v) is 13.5. The first kappa shape index (κ1) is 30.6. The van der Waals surface area contributed by atoms with Crippen molar-refractivity contribution in [3.8, 4) is 11.3 Å². The van der Waals surface area contributed by atoms with Crippen LogP contribution in [0.1, 0.15) is 35.5 Å². The molecule has 2 aliphatic heterocycles. The number of nitrogens with zero attached hydrogens (tertiary/aromatic N) is 3. The van der Waals surface area contributed by atoms with Gasteiger partial charge >= 0.3 is 0 Å². The number of hydrogen-bond acceptors (Lipinski definition) is 8. The van der Waals surface area contributed by atoms with Crippen molar-refractivity contribution < 1.29 is 18.1 Å². The van der Waals surface area contributed by atoms with Crippen molar-refractivity contribution in [3.63, 3.8) is 0 Å². The van der Waals surface area contributed by atoms with Crippen LogP contribution in [0.2, 0.25) is 15.1 Å². The van der Waals surface area contributed by atoms with Crippen molar-refractivity contribution >= 4 is 62.8 Å². The fourth-order valence-corrected chi connectivity index (χ4v) is 7.40. The van der Waals surface area contributed by atoms with Gasteiger partial charge in [0.05, 0.1) is 38.1 Å². The van der Waals surface area contributed by atoms with Crippen LogP contribution in [0, 0.1) is 11.6 Å². The molecular formula is C31H27Cl3F2N6O2S. The van der Waals surface area contributed by atoms with Gasteiger partial charge in [-0.25, -0.2) is 13.8 Å². The zero-order valence-corrected chi connectivity index (χ0v) is 26.8. The summed E-state index contributed by atoms with van der Waals surface area (Å²) in [6, 6.07) is 9.16. The third-order valence-corrected chi connectivity index (χ3v) is 10.5. The van der Waals surface area contributed by atoms with Gasteiger partial charge in [0.1, 0.15) is 17.3 Å². The third kappa shape index (κ3) is 6.22. The monoisotopic (exact) mass is 690 g/mol. The Bertz CT molecular complexity index is 1810. The molecule has 0 spiro atoms. The molecule has 1 saturated heterocycles. The van der Waals surface area contributed by atoms with E-state index in [1.165, 1.54) is 17.4 Å². The molecule has 2 aromatic heterocycles. The van der Waals surface area contributed by atoms with Gasteiger partial charge in [-0.05, 0) is 48.6 Å². The number of hydrogen-bond donors (Lipinski definition) is 3. The number of fused-ring (bicyclic) bond motifs is 2. The van der Waals surface area contributed by atoms with E-state index < -0.39 is 11.6 Å². The Kier molecular flexibility index (Phi) is 8.58. The standard InChI is InChI=1S/C31H27Cl3F2N6O2S/c32-20-3-1-2-15(28(20)33)14-42(17-4-5-17)30(43)26-19(8-16-10-37-12-24(26)40-16)25-13-39-31(45-25)38-11-18-9-23(41-44-18)27-21(35)6-7-22(36)29(27)34/h1-3,6-7,9,13,16-17,24,37,40H,4-5,8,10-12,14H2,(H,38,39). The summed E-state index contributed by atoms with van der Waals surface area (Å²) in [5.74, 6) is -1.07. The molecule has 2 unspecified atom stereocenters. The number of halogens is 5. The van der Waals surface area contributed by atoms with Gasteiger partial charge in [-0.2, -0.15) is 0 Å². The lowest BCUT2D eigenvalue weighted by Crippen LogP contribution is -2.59. The Morgan fingerprint density at radius 1 is 1.11 bits per heavy atom. The first-order chi connectivity index (χ1) is 21.8. The van der Waals surface area contributed by atoms with Gasteiger partial charge < -0.3 is 25.4 Å². The van der Waals surface area contributed by atoms with Crippen LogP contribution in [0.3, 0.4) is 0 Å². The average Bonchev–Trinajstić information content (AvgIpc) is 3.57. The lowest BCUT2D eigenvalue weighted by molar-refractivity contribution is -0.128. The number of nitrogens with one attached hydrogen (secondary N) is 3. The number of benzene rings is 2. The van der Waals surface area contributed by atoms with Gasteiger partial charge in [-0.3, -0.25) is 4.79 Å². The van der Waals surface area contributed by atoms with Crippen LogP contribution in [-0.2, 0) is 17.9 Å². The number of anilines is 1. The van der Waals surface area contributed by atoms with Crippen LogP contribution in [0.25, 0.3) is 16.8 Å². The van der Waals surface area contributed by atoms with E-state index in [9.17, 15) is 13.6 Å². The van der Waals surface area contributed by atoms with E-state index in [1.807, 2.05) is 17.0 Å². The zero-order chi connectivity index (χ0) is 31.2. The molecule has 1 aliphatic carbocycles. The first-order valence-corrected chi connectivity index (χ1v) is 16.4. The van der Waals surface area contributed by atoms with Crippen molar-refractivity contribution in [1.29, 1.82) is 0 Å². The van der Waals surface area contributed by atoms with E-state index in [4.69, 9.17) is 39.3 Å². The van der Waals surface area contributed by atoms with Crippen LogP contribution >= 0.6 is 46.1 Å². The lowest BCUT2D eigenvalue weighted by atomic mass is 9.86. The molecule has 3 N–H and O–H groups in total. The minimum atomic E-state index is -0.746. The van der Waals surface area contributed by atoms with Crippen molar-refractivity contribution in [3.05, 3.63) is 91.1 Å². The number of carbonyl (C=O) groups excluding carboxylic acids is 1. The molecule has 234 valence electrons. The summed E-state index contributed by atoms with van der Waals surface area (Å²) in [6.07, 6.45) is 4.35. The fourth-order valence-electron chi connectivity index (χ4n) is 5.89. The first-order valence-electron chi connectivity index (χ1n) is 14.5. The Hall–Kier alpha value is -3.06. The summed E-state index contributed by atoms with van der Waals surface area (Å²) in [5.41, 5.74) is 2.49. The third-order valence-electron chi connectivity index (χ3n) is 8.23. The predicted molar refractivity (Wildman–Crippen MR) is 171 cm³/mol. The minimum Gasteiger partial charge on any atom is -0.359 e. The normalized spacial score (nSPS) is 19.6. The van der Waals surface area contributed by atoms with E-state index >= 15 is 0 Å². The highest BCUT2D eigenvalue weighted by Crippen LogP contribution is 2.40. The van der Waals surface area contributed by atoms with E-state index in [0.717, 1.165) is 53.1 Å². The second kappa shape index (κ2) is 12.6. The molecule has 3 aliphatic rings. The molecule has 45 heavy (non-hydrogen) atoms. The summed E-state index contributed by atoms with van der Waals surface area (Å²) in [4.78, 5) is 21.8. The molecule has 14 heteroatoms. The highest BCUT2D eigenvalue weighted by Gasteiger charge is 2.41. The summed E-state index contributed by atoms with van der Waals surface area (Å²) in [5, 5.41) is 15.4. The summed E-state index contributed by atoms with van der Waals surface area (Å²) < 4.78 is 33.6. The summed E-state index contributed by atoms with van der Waals surface area (Å²) >= 11 is 20.2. The van der Waals surface area contributed by atoms with Crippen LogP contribution in [0.5, 0.6) is 0 Å². The molecule has 1 amide bonds. The molecule has 7 rings (SSSR count). The van der Waals surface area contributed by atoms with Crippen molar-refractivity contribution in [2.75, 3.05) is 18.4 Å². The van der Waals surface area contributed by atoms with Gasteiger partial charge in [0, 0.05) is 49.6 Å². The molecule has 8 nitrogen and oxygen atoms in total. The number of carbonyl (C=O) groups is 1. The van der Waals surface area contributed by atoms with E-state index in [-0.39, 0.29) is 46.9 Å². The van der Waals surface area contributed by atoms with E-state index in [0.29, 0.717) is 40.4 Å². The molecule has 1 saturated carbocycles. The minimum absolute atomic E-state index is 0.0106. The average molecular weight is 692 g/mol. The van der Waals surface area contributed by atoms with Gasteiger partial charge in [0.25, 0.3) is 5.91 Å². The number of amides is 1. The summed E-state index contributed by atoms with van der Waals surface area (Å²) in [6.45, 7) is 2.03. The zero-order valence-electron chi connectivity index (χ0n) is 23.7. The molecule has 4 aromatic rings. The number of aromatic nitrogens is 2. The Labute approximate surface area is 276 Å². The van der Waals surface area contributed by atoms with E-state index in [1.54, 1.807) is 12.3 Å². The van der Waals surface area contributed by atoms with Crippen molar-refractivity contribution in [2.45, 2.75) is 50.5 Å². The van der Waals surface area contributed by atoms with E-state index in [2.05, 4.69) is 26.1 Å². The number of rotatable bonds is 9. The molecule has 2 bridgehead atoms. The quantitative estimate of drug-likeness (QED) is 0.164. The van der Waals surface area contributed by atoms with Crippen LogP contribution in [-0.4, -0.2) is 52.2 Å². The van der Waals surface area contributed by atoms with Crippen molar-refractivity contribution in [1.82, 2.24) is 25.7 Å². The largest absolute Gasteiger partial charge is 0.359 e. The summed E-state index contributed by atoms with van der Waals surface area (Å²) in [7, 11) is 0. The Morgan fingerprint density at radius 2 is 1.93 bits per heavy atom. The van der Waals surface area contributed by atoms with Crippen LogP contribution in [0.4, 0.5) is 13.9 Å². The fraction of sp³-hybridized carbons (Fsp3) is 0.323. The highest BCUT2D eigenvalue weighted by atomic mass is 35.5. The molecular weight excluding hydrogens is 665 g/mol. The number of piperazine rings is 1. The van der Waals surface area contributed by atoms with Crippen LogP contribution in [0.15, 0.2) is 52.7 Å². The van der Waals surface area contributed by atoms with Crippen molar-refractivity contribution in [2.24, 2.45) is 0 Å². The van der Waals surface area contributed by atoms with Gasteiger partial charge in [0.2, 0.25) is 0 Å². The molecule has 4 heterocycles. The Morgan fingerprint density at radius 3 is 2.76 bits per heavy atom. The smallest absolute Gasteiger partial charge is 0.252 e. The van der Waals surface area contributed by atoms with Crippen LogP contribution < -0.4 is 16.0 Å². The maximum absolute atomic E-state index is 14.4. The molecule has 2 atom stereocenters. The maximum atomic E-state index is 14.4. The van der Waals surface area contributed by atoms with Gasteiger partial charge in [-0.1, -0.05) is 63.4 Å². The SMILES string of the molecule is O=C(C1=C(c2cnc(NCc3cc(-c4c(F)ccc(F)c4Cl)no3)s2)CC2CNCC1N2)N(Cc1cccc(Cl)c1Cl)C1CC1. The molecule has 2 fully saturated rings. The number of thiazole rings is 1. The molecule has 2 aromatic carbocycles. The highest BCUT2D eigenvalue weighted by molar-refractivity contribution is 7.16. The van der Waals surface area contributed by atoms with Gasteiger partial charge in [-0.15, -0.1) is 0 Å². The maximum Gasteiger partial charge on any atom is 0.252 e. The lowest BCUT2D eigenvalue weighted by Gasteiger charge is -2.40. The topological polar surface area (TPSA) is 95.3 Å². The predicted octanol–water partition coefficient (Wildman–Crippen LogP) is 6.93. The van der Waals surface area contributed by atoms with Gasteiger partial charge in [0.15, 0.2) is 10.9 Å². The Balaban J connectivity index is 1.14. The molecule has 0 radical (unpaired) electrons. The second-order valence-electron chi connectivity index (χ2n) is 11.3.